The minimum Gasteiger partial charge on any atom is -0.296 e. The van der Waals surface area contributed by atoms with Crippen molar-refractivity contribution in [3.05, 3.63) is 68.7 Å². The van der Waals surface area contributed by atoms with E-state index in [0.717, 1.165) is 16.6 Å². The summed E-state index contributed by atoms with van der Waals surface area (Å²) in [6.07, 6.45) is 0. The fourth-order valence-electron chi connectivity index (χ4n) is 2.99. The Hall–Kier alpha value is -1.81. The molecule has 1 fully saturated rings. The minimum absolute atomic E-state index is 0.245. The Bertz CT molecular complexity index is 912. The number of nitro benzene ring substituents is 1. The number of nitrogens with zero attached hydrogens (tertiary/aromatic N) is 3. The number of halogens is 1. The first kappa shape index (κ1) is 19.0. The summed E-state index contributed by atoms with van der Waals surface area (Å²) in [5.41, 5.74) is 0.762. The van der Waals surface area contributed by atoms with Crippen LogP contribution in [0.25, 0.3) is 0 Å². The van der Waals surface area contributed by atoms with Gasteiger partial charge >= 0.3 is 0 Å². The number of hydrogen-bond acceptors (Lipinski definition) is 5. The molecule has 0 amide bonds. The second-order valence-electron chi connectivity index (χ2n) is 6.03. The van der Waals surface area contributed by atoms with Gasteiger partial charge in [0, 0.05) is 43.3 Å². The van der Waals surface area contributed by atoms with Gasteiger partial charge in [-0.3, -0.25) is 15.0 Å². The lowest BCUT2D eigenvalue weighted by Gasteiger charge is -2.33. The molecule has 1 saturated heterocycles. The van der Waals surface area contributed by atoms with Crippen LogP contribution in [0.2, 0.25) is 0 Å². The molecule has 0 N–H and O–H groups in total. The van der Waals surface area contributed by atoms with Gasteiger partial charge in [-0.15, -0.1) is 0 Å². The average Bonchev–Trinajstić information content (AvgIpc) is 2.62. The fraction of sp³-hybridized carbons (Fsp3) is 0.294. The zero-order valence-electron chi connectivity index (χ0n) is 13.9. The van der Waals surface area contributed by atoms with Gasteiger partial charge in [0.15, 0.2) is 4.90 Å². The molecule has 1 heterocycles. The number of rotatable bonds is 5. The maximum absolute atomic E-state index is 12.8. The van der Waals surface area contributed by atoms with Gasteiger partial charge in [-0.2, -0.15) is 4.31 Å². The molecule has 0 aromatic heterocycles. The van der Waals surface area contributed by atoms with Crippen LogP contribution in [0.4, 0.5) is 5.69 Å². The van der Waals surface area contributed by atoms with Crippen molar-refractivity contribution in [2.45, 2.75) is 11.4 Å². The van der Waals surface area contributed by atoms with Crippen LogP contribution < -0.4 is 0 Å². The molecule has 0 radical (unpaired) electrons. The molecule has 1 aliphatic rings. The fourth-order valence-corrected chi connectivity index (χ4v) is 5.01. The van der Waals surface area contributed by atoms with Crippen LogP contribution in [0.1, 0.15) is 5.56 Å². The van der Waals surface area contributed by atoms with Gasteiger partial charge < -0.3 is 0 Å². The molecule has 0 spiro atoms. The van der Waals surface area contributed by atoms with Crippen LogP contribution in [0.5, 0.6) is 0 Å². The normalized spacial score (nSPS) is 16.5. The molecule has 3 rings (SSSR count). The number of hydrogen-bond donors (Lipinski definition) is 0. The molecule has 0 bridgehead atoms. The number of benzene rings is 2. The summed E-state index contributed by atoms with van der Waals surface area (Å²) < 4.78 is 28.0. The van der Waals surface area contributed by atoms with Crippen LogP contribution in [0.15, 0.2) is 57.9 Å². The molecule has 138 valence electrons. The molecule has 0 atom stereocenters. The van der Waals surface area contributed by atoms with E-state index < -0.39 is 14.9 Å². The van der Waals surface area contributed by atoms with Gasteiger partial charge in [-0.05, 0) is 23.8 Å². The summed E-state index contributed by atoms with van der Waals surface area (Å²) in [6.45, 7) is 2.50. The summed E-state index contributed by atoms with van der Waals surface area (Å²) in [5.74, 6) is 0. The Morgan fingerprint density at radius 1 is 1.04 bits per heavy atom. The number of piperazine rings is 1. The molecule has 26 heavy (non-hydrogen) atoms. The van der Waals surface area contributed by atoms with Crippen molar-refractivity contribution in [1.82, 2.24) is 9.21 Å². The van der Waals surface area contributed by atoms with E-state index in [0.29, 0.717) is 26.2 Å². The predicted molar refractivity (Wildman–Crippen MR) is 101 cm³/mol. The highest BCUT2D eigenvalue weighted by atomic mass is 79.9. The van der Waals surface area contributed by atoms with Crippen LogP contribution in [0.3, 0.4) is 0 Å². The molecule has 0 aliphatic carbocycles. The highest BCUT2D eigenvalue weighted by Gasteiger charge is 2.33. The van der Waals surface area contributed by atoms with Crippen molar-refractivity contribution < 1.29 is 13.3 Å². The van der Waals surface area contributed by atoms with E-state index in [-0.39, 0.29) is 10.6 Å². The Balaban J connectivity index is 1.70. The molecule has 0 saturated carbocycles. The molecular formula is C17H18BrN3O4S. The molecule has 7 nitrogen and oxygen atoms in total. The summed E-state index contributed by atoms with van der Waals surface area (Å²) in [5, 5.41) is 11.1. The smallest absolute Gasteiger partial charge is 0.289 e. The monoisotopic (exact) mass is 439 g/mol. The van der Waals surface area contributed by atoms with Gasteiger partial charge in [0.2, 0.25) is 10.0 Å². The predicted octanol–water partition coefficient (Wildman–Crippen LogP) is 2.86. The van der Waals surface area contributed by atoms with Crippen molar-refractivity contribution in [3.63, 3.8) is 0 Å². The number of sulfonamides is 1. The van der Waals surface area contributed by atoms with Crippen molar-refractivity contribution >= 4 is 31.6 Å². The van der Waals surface area contributed by atoms with Crippen LogP contribution in [-0.2, 0) is 16.6 Å². The van der Waals surface area contributed by atoms with Crippen LogP contribution in [-0.4, -0.2) is 48.7 Å². The lowest BCUT2D eigenvalue weighted by Crippen LogP contribution is -2.48. The zero-order chi connectivity index (χ0) is 18.7. The molecule has 1 aliphatic heterocycles. The lowest BCUT2D eigenvalue weighted by molar-refractivity contribution is -0.387. The second-order valence-corrected chi connectivity index (χ2v) is 8.86. The molecule has 2 aromatic rings. The molecule has 9 heteroatoms. The van der Waals surface area contributed by atoms with E-state index >= 15 is 0 Å². The standard InChI is InChI=1S/C17H18BrN3O4S/c18-15-5-3-4-14(12-15)13-19-8-10-20(11-9-19)26(24,25)17-7-2-1-6-16(17)21(22)23/h1-7,12H,8-11,13H2. The van der Waals surface area contributed by atoms with Crippen LogP contribution >= 0.6 is 15.9 Å². The highest BCUT2D eigenvalue weighted by molar-refractivity contribution is 9.10. The molecular weight excluding hydrogens is 422 g/mol. The minimum atomic E-state index is -3.88. The largest absolute Gasteiger partial charge is 0.296 e. The third-order valence-electron chi connectivity index (χ3n) is 4.31. The Kier molecular flexibility index (Phi) is 5.71. The first-order chi connectivity index (χ1) is 12.4. The van der Waals surface area contributed by atoms with E-state index in [1.54, 1.807) is 0 Å². The second kappa shape index (κ2) is 7.83. The van der Waals surface area contributed by atoms with Gasteiger partial charge in [0.05, 0.1) is 4.92 Å². The summed E-state index contributed by atoms with van der Waals surface area (Å²) in [7, 11) is -3.88. The van der Waals surface area contributed by atoms with E-state index in [9.17, 15) is 18.5 Å². The van der Waals surface area contributed by atoms with Gasteiger partial charge in [-0.1, -0.05) is 40.2 Å². The lowest BCUT2D eigenvalue weighted by atomic mass is 10.2. The first-order valence-corrected chi connectivity index (χ1v) is 10.3. The summed E-state index contributed by atoms with van der Waals surface area (Å²) in [4.78, 5) is 12.4. The third-order valence-corrected chi connectivity index (χ3v) is 6.75. The third kappa shape index (κ3) is 4.12. The van der Waals surface area contributed by atoms with E-state index in [1.165, 1.54) is 28.6 Å². The Morgan fingerprint density at radius 3 is 2.38 bits per heavy atom. The SMILES string of the molecule is O=[N+]([O-])c1ccccc1S(=O)(=O)N1CCN(Cc2cccc(Br)c2)CC1. The van der Waals surface area contributed by atoms with Crippen molar-refractivity contribution in [1.29, 1.82) is 0 Å². The summed E-state index contributed by atoms with van der Waals surface area (Å²) >= 11 is 3.45. The summed E-state index contributed by atoms with van der Waals surface area (Å²) in [6, 6.07) is 13.5. The maximum atomic E-state index is 12.8. The molecule has 2 aromatic carbocycles. The van der Waals surface area contributed by atoms with Crippen molar-refractivity contribution in [2.24, 2.45) is 0 Å². The van der Waals surface area contributed by atoms with Gasteiger partial charge in [-0.25, -0.2) is 8.42 Å². The zero-order valence-corrected chi connectivity index (χ0v) is 16.3. The topological polar surface area (TPSA) is 83.8 Å². The van der Waals surface area contributed by atoms with Gasteiger partial charge in [0.25, 0.3) is 5.69 Å². The van der Waals surface area contributed by atoms with Crippen molar-refractivity contribution in [2.75, 3.05) is 26.2 Å². The van der Waals surface area contributed by atoms with E-state index in [4.69, 9.17) is 0 Å². The van der Waals surface area contributed by atoms with E-state index in [2.05, 4.69) is 20.8 Å². The highest BCUT2D eigenvalue weighted by Crippen LogP contribution is 2.27. The van der Waals surface area contributed by atoms with Crippen molar-refractivity contribution in [3.8, 4) is 0 Å². The first-order valence-electron chi connectivity index (χ1n) is 8.08. The van der Waals surface area contributed by atoms with Crippen LogP contribution in [0, 0.1) is 10.1 Å². The average molecular weight is 440 g/mol. The Labute approximate surface area is 160 Å². The molecule has 0 unspecified atom stereocenters. The van der Waals surface area contributed by atoms with E-state index in [1.807, 2.05) is 24.3 Å². The maximum Gasteiger partial charge on any atom is 0.289 e. The van der Waals surface area contributed by atoms with Gasteiger partial charge in [0.1, 0.15) is 0 Å². The number of nitro groups is 1. The quantitative estimate of drug-likeness (QED) is 0.528. The Morgan fingerprint density at radius 2 is 1.73 bits per heavy atom. The number of para-hydroxylation sites is 1.